The SMILES string of the molecule is O=[N+]([O-])c1ccc(NCCNc2ncc(-c3ncc[nH]3)c(-c3cccs3)n2)nc1. The van der Waals surface area contributed by atoms with Crippen molar-refractivity contribution in [1.82, 2.24) is 24.9 Å². The van der Waals surface area contributed by atoms with Crippen LogP contribution in [0.2, 0.25) is 0 Å². The quantitative estimate of drug-likeness (QED) is 0.229. The molecule has 0 amide bonds. The molecule has 0 aliphatic rings. The molecule has 0 radical (unpaired) electrons. The Kier molecular flexibility index (Phi) is 5.38. The fourth-order valence-corrected chi connectivity index (χ4v) is 3.35. The molecule has 0 unspecified atom stereocenters. The van der Waals surface area contributed by atoms with Crippen LogP contribution < -0.4 is 10.6 Å². The monoisotopic (exact) mass is 408 g/mol. The second-order valence-corrected chi connectivity index (χ2v) is 6.83. The van der Waals surface area contributed by atoms with Gasteiger partial charge >= 0.3 is 0 Å². The van der Waals surface area contributed by atoms with Gasteiger partial charge in [-0.1, -0.05) is 6.07 Å². The number of H-pyrrole nitrogens is 1. The molecule has 0 saturated heterocycles. The van der Waals surface area contributed by atoms with E-state index in [-0.39, 0.29) is 5.69 Å². The number of pyridine rings is 1. The Hall–Kier alpha value is -3.86. The van der Waals surface area contributed by atoms with Crippen LogP contribution in [0.15, 0.2) is 54.4 Å². The van der Waals surface area contributed by atoms with Crippen molar-refractivity contribution in [3.8, 4) is 22.0 Å². The van der Waals surface area contributed by atoms with Crippen molar-refractivity contribution in [3.63, 3.8) is 0 Å². The Morgan fingerprint density at radius 1 is 1.10 bits per heavy atom. The van der Waals surface area contributed by atoms with E-state index in [9.17, 15) is 10.1 Å². The molecule has 4 heterocycles. The van der Waals surface area contributed by atoms with Gasteiger partial charge in [0.05, 0.1) is 21.1 Å². The topological polar surface area (TPSA) is 135 Å². The van der Waals surface area contributed by atoms with Gasteiger partial charge in [0.1, 0.15) is 17.8 Å². The Morgan fingerprint density at radius 3 is 2.69 bits per heavy atom. The zero-order valence-electron chi connectivity index (χ0n) is 15.1. The van der Waals surface area contributed by atoms with E-state index < -0.39 is 4.92 Å². The molecule has 0 aliphatic heterocycles. The number of anilines is 2. The molecule has 4 rings (SSSR count). The molecule has 11 heteroatoms. The van der Waals surface area contributed by atoms with E-state index in [2.05, 4.69) is 35.6 Å². The molecule has 4 aromatic heterocycles. The Bertz CT molecular complexity index is 1080. The van der Waals surface area contributed by atoms with Crippen LogP contribution in [0.4, 0.5) is 17.5 Å². The summed E-state index contributed by atoms with van der Waals surface area (Å²) in [5.41, 5.74) is 1.59. The molecule has 0 aliphatic carbocycles. The summed E-state index contributed by atoms with van der Waals surface area (Å²) in [5.74, 6) is 1.78. The average Bonchev–Trinajstić information content (AvgIpc) is 3.45. The van der Waals surface area contributed by atoms with Crippen molar-refractivity contribution in [2.75, 3.05) is 23.7 Å². The number of imidazole rings is 1. The number of thiophene rings is 1. The van der Waals surface area contributed by atoms with Crippen molar-refractivity contribution in [2.24, 2.45) is 0 Å². The van der Waals surface area contributed by atoms with Gasteiger partial charge < -0.3 is 15.6 Å². The fourth-order valence-electron chi connectivity index (χ4n) is 2.62. The minimum atomic E-state index is -0.479. The maximum Gasteiger partial charge on any atom is 0.287 e. The highest BCUT2D eigenvalue weighted by Gasteiger charge is 2.14. The van der Waals surface area contributed by atoms with E-state index in [1.165, 1.54) is 12.3 Å². The predicted octanol–water partition coefficient (Wildman–Crippen LogP) is 3.42. The minimum absolute atomic E-state index is 0.0418. The van der Waals surface area contributed by atoms with Crippen molar-refractivity contribution < 1.29 is 4.92 Å². The van der Waals surface area contributed by atoms with Crippen LogP contribution in [0.3, 0.4) is 0 Å². The Morgan fingerprint density at radius 2 is 2.00 bits per heavy atom. The zero-order valence-corrected chi connectivity index (χ0v) is 15.9. The first-order valence-corrected chi connectivity index (χ1v) is 9.57. The van der Waals surface area contributed by atoms with Crippen LogP contribution in [0.25, 0.3) is 22.0 Å². The standard InChI is InChI=1S/C18H16N8O2S/c27-26(28)12-3-4-15(23-10-12)19-5-8-22-18-24-11-13(17-20-6-7-21-17)16(25-18)14-2-1-9-29-14/h1-4,6-7,9-11H,5,8H2,(H,19,23)(H,20,21)(H,22,24,25). The molecule has 0 spiro atoms. The summed E-state index contributed by atoms with van der Waals surface area (Å²) in [5, 5.41) is 18.9. The van der Waals surface area contributed by atoms with Gasteiger partial charge in [-0.15, -0.1) is 11.3 Å². The maximum absolute atomic E-state index is 10.7. The van der Waals surface area contributed by atoms with E-state index >= 15 is 0 Å². The first-order valence-electron chi connectivity index (χ1n) is 8.69. The maximum atomic E-state index is 10.7. The molecule has 0 aromatic carbocycles. The van der Waals surface area contributed by atoms with E-state index in [1.807, 2.05) is 17.5 Å². The fraction of sp³-hybridized carbons (Fsp3) is 0.111. The highest BCUT2D eigenvalue weighted by molar-refractivity contribution is 7.13. The lowest BCUT2D eigenvalue weighted by atomic mass is 10.2. The summed E-state index contributed by atoms with van der Waals surface area (Å²) < 4.78 is 0. The minimum Gasteiger partial charge on any atom is -0.368 e. The molecule has 0 atom stereocenters. The van der Waals surface area contributed by atoms with E-state index in [1.54, 1.807) is 36.0 Å². The van der Waals surface area contributed by atoms with Gasteiger partial charge in [0, 0.05) is 37.7 Å². The molecule has 3 N–H and O–H groups in total. The van der Waals surface area contributed by atoms with Crippen molar-refractivity contribution in [2.45, 2.75) is 0 Å². The lowest BCUT2D eigenvalue weighted by Crippen LogP contribution is -2.16. The molecule has 0 saturated carbocycles. The first kappa shape index (κ1) is 18.5. The number of nitrogens with zero attached hydrogens (tertiary/aromatic N) is 5. The number of aromatic nitrogens is 5. The number of aromatic amines is 1. The van der Waals surface area contributed by atoms with Gasteiger partial charge in [-0.05, 0) is 17.5 Å². The summed E-state index contributed by atoms with van der Waals surface area (Å²) in [6, 6.07) is 6.96. The lowest BCUT2D eigenvalue weighted by molar-refractivity contribution is -0.385. The van der Waals surface area contributed by atoms with Crippen LogP contribution in [-0.4, -0.2) is 42.9 Å². The third-order valence-corrected chi connectivity index (χ3v) is 4.85. The summed E-state index contributed by atoms with van der Waals surface area (Å²) in [6.07, 6.45) is 6.42. The normalized spacial score (nSPS) is 10.6. The molecule has 29 heavy (non-hydrogen) atoms. The number of nitrogens with one attached hydrogen (secondary N) is 3. The first-order chi connectivity index (χ1) is 14.2. The van der Waals surface area contributed by atoms with Gasteiger partial charge in [0.15, 0.2) is 0 Å². The van der Waals surface area contributed by atoms with Crippen molar-refractivity contribution in [1.29, 1.82) is 0 Å². The van der Waals surface area contributed by atoms with Crippen LogP contribution in [-0.2, 0) is 0 Å². The summed E-state index contributed by atoms with van der Waals surface area (Å²) >= 11 is 1.60. The van der Waals surface area contributed by atoms with Gasteiger partial charge in [-0.3, -0.25) is 10.1 Å². The second kappa shape index (κ2) is 8.44. The Labute approximate surface area is 169 Å². The molecule has 10 nitrogen and oxygen atoms in total. The van der Waals surface area contributed by atoms with Gasteiger partial charge in [-0.2, -0.15) is 0 Å². The summed E-state index contributed by atoms with van der Waals surface area (Å²) in [7, 11) is 0. The summed E-state index contributed by atoms with van der Waals surface area (Å²) in [4.78, 5) is 31.6. The molecule has 0 fully saturated rings. The number of rotatable bonds is 8. The Balaban J connectivity index is 1.41. The number of hydrogen-bond donors (Lipinski definition) is 3. The largest absolute Gasteiger partial charge is 0.368 e. The molecule has 146 valence electrons. The zero-order chi connectivity index (χ0) is 20.1. The summed E-state index contributed by atoms with van der Waals surface area (Å²) in [6.45, 7) is 1.09. The highest BCUT2D eigenvalue weighted by atomic mass is 32.1. The molecule has 0 bridgehead atoms. The van der Waals surface area contributed by atoms with Crippen LogP contribution in [0.5, 0.6) is 0 Å². The lowest BCUT2D eigenvalue weighted by Gasteiger charge is -2.10. The number of nitro groups is 1. The third kappa shape index (κ3) is 4.35. The number of hydrogen-bond acceptors (Lipinski definition) is 9. The average molecular weight is 408 g/mol. The smallest absolute Gasteiger partial charge is 0.287 e. The predicted molar refractivity (Wildman–Crippen MR) is 111 cm³/mol. The van der Waals surface area contributed by atoms with E-state index in [0.29, 0.717) is 30.7 Å². The second-order valence-electron chi connectivity index (χ2n) is 5.88. The van der Waals surface area contributed by atoms with Crippen LogP contribution in [0.1, 0.15) is 0 Å². The van der Waals surface area contributed by atoms with Crippen LogP contribution >= 0.6 is 11.3 Å². The molecular weight excluding hydrogens is 392 g/mol. The van der Waals surface area contributed by atoms with Gasteiger partial charge in [-0.25, -0.2) is 19.9 Å². The van der Waals surface area contributed by atoms with Crippen molar-refractivity contribution in [3.05, 3.63) is 64.5 Å². The molecule has 4 aromatic rings. The highest BCUT2D eigenvalue weighted by Crippen LogP contribution is 2.31. The van der Waals surface area contributed by atoms with Crippen LogP contribution in [0, 0.1) is 10.1 Å². The van der Waals surface area contributed by atoms with E-state index in [0.717, 1.165) is 16.1 Å². The van der Waals surface area contributed by atoms with Gasteiger partial charge in [0.2, 0.25) is 5.95 Å². The van der Waals surface area contributed by atoms with Crippen molar-refractivity contribution >= 4 is 28.8 Å². The third-order valence-electron chi connectivity index (χ3n) is 3.97. The molecular formula is C18H16N8O2S. The van der Waals surface area contributed by atoms with E-state index in [4.69, 9.17) is 0 Å². The van der Waals surface area contributed by atoms with Gasteiger partial charge in [0.25, 0.3) is 5.69 Å².